The third-order valence-electron chi connectivity index (χ3n) is 2.36. The molecule has 1 aromatic carbocycles. The molecule has 0 spiro atoms. The molecule has 0 saturated heterocycles. The minimum absolute atomic E-state index is 0.353. The van der Waals surface area contributed by atoms with Crippen molar-refractivity contribution in [2.75, 3.05) is 7.11 Å². The van der Waals surface area contributed by atoms with Crippen molar-refractivity contribution in [2.45, 2.75) is 18.9 Å². The lowest BCUT2D eigenvalue weighted by molar-refractivity contribution is 0.105. The molecule has 58 valence electrons. The molecule has 0 aromatic heterocycles. The van der Waals surface area contributed by atoms with Gasteiger partial charge in [-0.05, 0) is 24.0 Å². The van der Waals surface area contributed by atoms with Crippen LogP contribution in [0.25, 0.3) is 0 Å². The molecule has 0 saturated carbocycles. The fourth-order valence-corrected chi connectivity index (χ4v) is 1.76. The quantitative estimate of drug-likeness (QED) is 0.594. The minimum Gasteiger partial charge on any atom is -0.377 e. The van der Waals surface area contributed by atoms with E-state index in [0.29, 0.717) is 6.10 Å². The number of benzene rings is 1. The van der Waals surface area contributed by atoms with Gasteiger partial charge < -0.3 is 4.74 Å². The summed E-state index contributed by atoms with van der Waals surface area (Å²) in [5, 5.41) is 0. The lowest BCUT2D eigenvalue weighted by atomic mass is 10.1. The van der Waals surface area contributed by atoms with E-state index >= 15 is 0 Å². The summed E-state index contributed by atoms with van der Waals surface area (Å²) < 4.78 is 5.34. The van der Waals surface area contributed by atoms with Crippen LogP contribution in [-0.2, 0) is 11.2 Å². The first-order valence-electron chi connectivity index (χ1n) is 4.02. The summed E-state index contributed by atoms with van der Waals surface area (Å²) >= 11 is 0. The summed E-state index contributed by atoms with van der Waals surface area (Å²) in [4.78, 5) is 0. The van der Waals surface area contributed by atoms with E-state index < -0.39 is 0 Å². The summed E-state index contributed by atoms with van der Waals surface area (Å²) in [6, 6.07) is 8.53. The predicted molar refractivity (Wildman–Crippen MR) is 44.5 cm³/mol. The molecule has 2 rings (SSSR count). The van der Waals surface area contributed by atoms with Crippen LogP contribution in [0.3, 0.4) is 0 Å². The Morgan fingerprint density at radius 3 is 3.00 bits per heavy atom. The fourth-order valence-electron chi connectivity index (χ4n) is 1.76. The van der Waals surface area contributed by atoms with Crippen LogP contribution in [0.2, 0.25) is 0 Å². The number of hydrogen-bond donors (Lipinski definition) is 0. The highest BCUT2D eigenvalue weighted by Crippen LogP contribution is 2.32. The second kappa shape index (κ2) is 2.67. The van der Waals surface area contributed by atoms with Gasteiger partial charge in [0.25, 0.3) is 0 Å². The van der Waals surface area contributed by atoms with Crippen LogP contribution in [0, 0.1) is 0 Å². The maximum Gasteiger partial charge on any atom is 0.0827 e. The minimum atomic E-state index is 0.353. The van der Waals surface area contributed by atoms with Gasteiger partial charge in [-0.25, -0.2) is 0 Å². The molecule has 11 heavy (non-hydrogen) atoms. The van der Waals surface area contributed by atoms with Crippen molar-refractivity contribution in [1.82, 2.24) is 0 Å². The standard InChI is InChI=1S/C10H12O/c1-11-10-7-6-8-4-2-3-5-9(8)10/h2-5,10H,6-7H2,1H3/t10-/m0/s1. The van der Waals surface area contributed by atoms with E-state index in [4.69, 9.17) is 4.74 Å². The van der Waals surface area contributed by atoms with Crippen LogP contribution in [0.15, 0.2) is 24.3 Å². The fraction of sp³-hybridized carbons (Fsp3) is 0.400. The third kappa shape index (κ3) is 1.05. The molecule has 1 aliphatic carbocycles. The first kappa shape index (κ1) is 6.86. The van der Waals surface area contributed by atoms with Crippen LogP contribution in [0.4, 0.5) is 0 Å². The van der Waals surface area contributed by atoms with Gasteiger partial charge in [0.05, 0.1) is 6.10 Å². The number of hydrogen-bond acceptors (Lipinski definition) is 1. The molecule has 0 radical (unpaired) electrons. The zero-order valence-electron chi connectivity index (χ0n) is 6.71. The Hall–Kier alpha value is -0.820. The molecule has 1 nitrogen and oxygen atoms in total. The highest BCUT2D eigenvalue weighted by atomic mass is 16.5. The zero-order chi connectivity index (χ0) is 7.68. The zero-order valence-corrected chi connectivity index (χ0v) is 6.71. The number of methoxy groups -OCH3 is 1. The molecule has 0 aliphatic heterocycles. The molecule has 1 aromatic rings. The van der Waals surface area contributed by atoms with E-state index in [9.17, 15) is 0 Å². The molecule has 0 unspecified atom stereocenters. The Bertz CT molecular complexity index is 255. The van der Waals surface area contributed by atoms with Crippen LogP contribution in [0.1, 0.15) is 23.7 Å². The molecule has 1 atom stereocenters. The average Bonchev–Trinajstić information content (AvgIpc) is 2.47. The smallest absolute Gasteiger partial charge is 0.0827 e. The van der Waals surface area contributed by atoms with Crippen molar-refractivity contribution in [3.05, 3.63) is 35.4 Å². The number of fused-ring (bicyclic) bond motifs is 1. The van der Waals surface area contributed by atoms with Crippen LogP contribution in [0.5, 0.6) is 0 Å². The summed E-state index contributed by atoms with van der Waals surface area (Å²) in [5.74, 6) is 0. The Kier molecular flexibility index (Phi) is 1.66. The Balaban J connectivity index is 2.39. The normalized spacial score (nSPS) is 21.7. The highest BCUT2D eigenvalue weighted by Gasteiger charge is 2.20. The maximum absolute atomic E-state index is 5.34. The van der Waals surface area contributed by atoms with Gasteiger partial charge in [0.1, 0.15) is 0 Å². The van der Waals surface area contributed by atoms with Gasteiger partial charge in [0.15, 0.2) is 0 Å². The van der Waals surface area contributed by atoms with E-state index in [1.165, 1.54) is 17.5 Å². The molecule has 0 N–H and O–H groups in total. The molecule has 0 bridgehead atoms. The van der Waals surface area contributed by atoms with Crippen molar-refractivity contribution in [2.24, 2.45) is 0 Å². The van der Waals surface area contributed by atoms with Gasteiger partial charge in [-0.2, -0.15) is 0 Å². The summed E-state index contributed by atoms with van der Waals surface area (Å²) in [6.07, 6.45) is 2.68. The highest BCUT2D eigenvalue weighted by molar-refractivity contribution is 5.33. The molecular formula is C10H12O. The molecule has 0 heterocycles. The number of ether oxygens (including phenoxy) is 1. The van der Waals surface area contributed by atoms with E-state index in [1.54, 1.807) is 7.11 Å². The Morgan fingerprint density at radius 2 is 2.18 bits per heavy atom. The molecule has 0 amide bonds. The number of rotatable bonds is 1. The topological polar surface area (TPSA) is 9.23 Å². The van der Waals surface area contributed by atoms with Crippen molar-refractivity contribution in [3.8, 4) is 0 Å². The molecule has 1 aliphatic rings. The van der Waals surface area contributed by atoms with Crippen molar-refractivity contribution in [1.29, 1.82) is 0 Å². The first-order valence-corrected chi connectivity index (χ1v) is 4.02. The van der Waals surface area contributed by atoms with Gasteiger partial charge in [0, 0.05) is 7.11 Å². The van der Waals surface area contributed by atoms with Crippen LogP contribution in [-0.4, -0.2) is 7.11 Å². The maximum atomic E-state index is 5.34. The second-order valence-corrected chi connectivity index (χ2v) is 2.96. The van der Waals surface area contributed by atoms with Crippen molar-refractivity contribution >= 4 is 0 Å². The molecule has 1 heteroatoms. The summed E-state index contributed by atoms with van der Waals surface area (Å²) in [7, 11) is 1.78. The van der Waals surface area contributed by atoms with E-state index in [0.717, 1.165) is 6.42 Å². The lowest BCUT2D eigenvalue weighted by Gasteiger charge is -2.07. The SMILES string of the molecule is CO[C@H]1CCc2ccccc21. The van der Waals surface area contributed by atoms with Gasteiger partial charge in [-0.15, -0.1) is 0 Å². The van der Waals surface area contributed by atoms with Crippen LogP contribution >= 0.6 is 0 Å². The monoisotopic (exact) mass is 148 g/mol. The molecule has 0 fully saturated rings. The lowest BCUT2D eigenvalue weighted by Crippen LogP contribution is -1.94. The van der Waals surface area contributed by atoms with Gasteiger partial charge in [-0.3, -0.25) is 0 Å². The Morgan fingerprint density at radius 1 is 1.36 bits per heavy atom. The second-order valence-electron chi connectivity index (χ2n) is 2.96. The van der Waals surface area contributed by atoms with Crippen LogP contribution < -0.4 is 0 Å². The van der Waals surface area contributed by atoms with Gasteiger partial charge >= 0.3 is 0 Å². The van der Waals surface area contributed by atoms with E-state index in [1.807, 2.05) is 0 Å². The predicted octanol–water partition coefficient (Wildman–Crippen LogP) is 2.32. The largest absolute Gasteiger partial charge is 0.377 e. The Labute approximate surface area is 67.0 Å². The summed E-state index contributed by atoms with van der Waals surface area (Å²) in [6.45, 7) is 0. The van der Waals surface area contributed by atoms with Gasteiger partial charge in [0.2, 0.25) is 0 Å². The third-order valence-corrected chi connectivity index (χ3v) is 2.36. The van der Waals surface area contributed by atoms with Gasteiger partial charge in [-0.1, -0.05) is 24.3 Å². The van der Waals surface area contributed by atoms with Crippen molar-refractivity contribution in [3.63, 3.8) is 0 Å². The summed E-state index contributed by atoms with van der Waals surface area (Å²) in [5.41, 5.74) is 2.84. The first-order chi connectivity index (χ1) is 5.42. The van der Waals surface area contributed by atoms with E-state index in [2.05, 4.69) is 24.3 Å². The number of aryl methyl sites for hydroxylation is 1. The molecular weight excluding hydrogens is 136 g/mol. The van der Waals surface area contributed by atoms with Crippen molar-refractivity contribution < 1.29 is 4.74 Å². The average molecular weight is 148 g/mol. The van der Waals surface area contributed by atoms with E-state index in [-0.39, 0.29) is 0 Å².